The summed E-state index contributed by atoms with van der Waals surface area (Å²) in [6, 6.07) is 6.21. The van der Waals surface area contributed by atoms with Crippen LogP contribution in [0.1, 0.15) is 62.5 Å². The summed E-state index contributed by atoms with van der Waals surface area (Å²) in [5, 5.41) is 8.80. The van der Waals surface area contributed by atoms with Crippen molar-refractivity contribution in [1.29, 1.82) is 0 Å². The van der Waals surface area contributed by atoms with Crippen molar-refractivity contribution < 1.29 is 14.6 Å². The molecule has 1 aromatic carbocycles. The number of aliphatic carboxylic acids is 1. The van der Waals surface area contributed by atoms with Gasteiger partial charge in [0.1, 0.15) is 5.75 Å². The topological polar surface area (TPSA) is 46.5 Å². The minimum Gasteiger partial charge on any atom is -0.493 e. The summed E-state index contributed by atoms with van der Waals surface area (Å²) in [6.07, 6.45) is 6.83. The predicted octanol–water partition coefficient (Wildman–Crippen LogP) is 4.15. The maximum Gasteiger partial charge on any atom is 0.303 e. The van der Waals surface area contributed by atoms with Crippen LogP contribution >= 0.6 is 0 Å². The summed E-state index contributed by atoms with van der Waals surface area (Å²) >= 11 is 0. The molecule has 1 aliphatic rings. The van der Waals surface area contributed by atoms with Gasteiger partial charge in [-0.2, -0.15) is 0 Å². The molecule has 0 aliphatic heterocycles. The van der Waals surface area contributed by atoms with E-state index in [0.29, 0.717) is 12.3 Å². The number of hydrogen-bond donors (Lipinski definition) is 1. The SMILES string of the molecule is CCCOc1ccc(CCC(=O)O)cc1C1CCCC1. The Morgan fingerprint density at radius 2 is 2.10 bits per heavy atom. The third-order valence-electron chi connectivity index (χ3n) is 3.96. The average Bonchev–Trinajstić information content (AvgIpc) is 2.97. The van der Waals surface area contributed by atoms with Gasteiger partial charge in [0.25, 0.3) is 0 Å². The van der Waals surface area contributed by atoms with Crippen molar-refractivity contribution in [1.82, 2.24) is 0 Å². The lowest BCUT2D eigenvalue weighted by Gasteiger charge is -2.17. The molecular weight excluding hydrogens is 252 g/mol. The van der Waals surface area contributed by atoms with Crippen LogP contribution in [0.25, 0.3) is 0 Å². The molecule has 0 aromatic heterocycles. The Morgan fingerprint density at radius 1 is 1.35 bits per heavy atom. The van der Waals surface area contributed by atoms with Crippen LogP contribution in [0.3, 0.4) is 0 Å². The van der Waals surface area contributed by atoms with Crippen LogP contribution in [0, 0.1) is 0 Å². The second-order valence-corrected chi connectivity index (χ2v) is 5.60. The zero-order valence-corrected chi connectivity index (χ0v) is 12.2. The van der Waals surface area contributed by atoms with E-state index in [0.717, 1.165) is 24.3 Å². The van der Waals surface area contributed by atoms with Crippen molar-refractivity contribution in [3.05, 3.63) is 29.3 Å². The van der Waals surface area contributed by atoms with Crippen molar-refractivity contribution in [2.24, 2.45) is 0 Å². The molecule has 0 radical (unpaired) electrons. The highest BCUT2D eigenvalue weighted by molar-refractivity contribution is 5.67. The first-order chi connectivity index (χ1) is 9.70. The molecule has 1 N–H and O–H groups in total. The van der Waals surface area contributed by atoms with Gasteiger partial charge in [-0.25, -0.2) is 0 Å². The fourth-order valence-electron chi connectivity index (χ4n) is 2.90. The van der Waals surface area contributed by atoms with E-state index >= 15 is 0 Å². The van der Waals surface area contributed by atoms with Crippen LogP contribution < -0.4 is 4.74 Å². The second kappa shape index (κ2) is 7.32. The van der Waals surface area contributed by atoms with Gasteiger partial charge in [0.2, 0.25) is 0 Å². The highest BCUT2D eigenvalue weighted by Crippen LogP contribution is 2.39. The van der Waals surface area contributed by atoms with Gasteiger partial charge in [-0.3, -0.25) is 4.79 Å². The van der Waals surface area contributed by atoms with Crippen molar-refractivity contribution in [3.63, 3.8) is 0 Å². The van der Waals surface area contributed by atoms with Gasteiger partial charge in [0.05, 0.1) is 6.61 Å². The van der Waals surface area contributed by atoms with E-state index in [1.54, 1.807) is 0 Å². The number of carbonyl (C=O) groups is 1. The monoisotopic (exact) mass is 276 g/mol. The van der Waals surface area contributed by atoms with Gasteiger partial charge in [0, 0.05) is 6.42 Å². The van der Waals surface area contributed by atoms with Crippen LogP contribution in [0.4, 0.5) is 0 Å². The van der Waals surface area contributed by atoms with Crippen molar-refractivity contribution in [2.45, 2.75) is 57.8 Å². The molecular formula is C17H24O3. The average molecular weight is 276 g/mol. The van der Waals surface area contributed by atoms with Gasteiger partial charge in [-0.05, 0) is 48.8 Å². The first-order valence-corrected chi connectivity index (χ1v) is 7.68. The highest BCUT2D eigenvalue weighted by Gasteiger charge is 2.21. The van der Waals surface area contributed by atoms with E-state index in [9.17, 15) is 4.79 Å². The number of hydrogen-bond acceptors (Lipinski definition) is 2. The third kappa shape index (κ3) is 3.99. The lowest BCUT2D eigenvalue weighted by Crippen LogP contribution is -2.04. The van der Waals surface area contributed by atoms with Crippen LogP contribution in [0.5, 0.6) is 5.75 Å². The van der Waals surface area contributed by atoms with Crippen molar-refractivity contribution in [3.8, 4) is 5.75 Å². The molecule has 1 aliphatic carbocycles. The van der Waals surface area contributed by atoms with Gasteiger partial charge in [-0.1, -0.05) is 31.9 Å². The summed E-state index contributed by atoms with van der Waals surface area (Å²) in [6.45, 7) is 2.85. The molecule has 1 aromatic rings. The van der Waals surface area contributed by atoms with Crippen molar-refractivity contribution in [2.75, 3.05) is 6.61 Å². The Morgan fingerprint density at radius 3 is 2.75 bits per heavy atom. The van der Waals surface area contributed by atoms with E-state index in [2.05, 4.69) is 13.0 Å². The summed E-state index contributed by atoms with van der Waals surface area (Å²) in [4.78, 5) is 10.7. The minimum atomic E-state index is -0.737. The van der Waals surface area contributed by atoms with Gasteiger partial charge in [-0.15, -0.1) is 0 Å². The quantitative estimate of drug-likeness (QED) is 0.813. The summed E-state index contributed by atoms with van der Waals surface area (Å²) in [7, 11) is 0. The zero-order chi connectivity index (χ0) is 14.4. The Bertz CT molecular complexity index is 448. The second-order valence-electron chi connectivity index (χ2n) is 5.60. The van der Waals surface area contributed by atoms with E-state index in [-0.39, 0.29) is 6.42 Å². The molecule has 110 valence electrons. The maximum atomic E-state index is 10.7. The molecule has 0 amide bonds. The summed E-state index contributed by atoms with van der Waals surface area (Å²) < 4.78 is 5.86. The van der Waals surface area contributed by atoms with Crippen LogP contribution in [-0.4, -0.2) is 17.7 Å². The number of rotatable bonds is 7. The molecule has 0 bridgehead atoms. The number of carboxylic acids is 1. The first kappa shape index (κ1) is 14.9. The lowest BCUT2D eigenvalue weighted by molar-refractivity contribution is -0.136. The van der Waals surface area contributed by atoms with Crippen molar-refractivity contribution >= 4 is 5.97 Å². The Balaban J connectivity index is 2.16. The van der Waals surface area contributed by atoms with Gasteiger partial charge < -0.3 is 9.84 Å². The minimum absolute atomic E-state index is 0.194. The highest BCUT2D eigenvalue weighted by atomic mass is 16.5. The van der Waals surface area contributed by atoms with Crippen LogP contribution in [0.15, 0.2) is 18.2 Å². The van der Waals surface area contributed by atoms with Gasteiger partial charge in [0.15, 0.2) is 0 Å². The molecule has 0 spiro atoms. The predicted molar refractivity (Wildman–Crippen MR) is 79.4 cm³/mol. The molecule has 20 heavy (non-hydrogen) atoms. The first-order valence-electron chi connectivity index (χ1n) is 7.68. The molecule has 0 heterocycles. The molecule has 1 saturated carbocycles. The maximum absolute atomic E-state index is 10.7. The van der Waals surface area contributed by atoms with Crippen LogP contribution in [-0.2, 0) is 11.2 Å². The van der Waals surface area contributed by atoms with E-state index in [1.807, 2.05) is 12.1 Å². The van der Waals surface area contributed by atoms with E-state index < -0.39 is 5.97 Å². The Hall–Kier alpha value is -1.51. The number of ether oxygens (including phenoxy) is 1. The van der Waals surface area contributed by atoms with Gasteiger partial charge >= 0.3 is 5.97 Å². The normalized spacial score (nSPS) is 15.4. The number of benzene rings is 1. The fraction of sp³-hybridized carbons (Fsp3) is 0.588. The molecule has 3 nitrogen and oxygen atoms in total. The van der Waals surface area contributed by atoms with E-state index in [4.69, 9.17) is 9.84 Å². The smallest absolute Gasteiger partial charge is 0.303 e. The zero-order valence-electron chi connectivity index (χ0n) is 12.2. The number of carboxylic acid groups (broad SMARTS) is 1. The Labute approximate surface area is 121 Å². The fourth-order valence-corrected chi connectivity index (χ4v) is 2.90. The number of aryl methyl sites for hydroxylation is 1. The summed E-state index contributed by atoms with van der Waals surface area (Å²) in [5.74, 6) is 0.850. The molecule has 0 saturated heterocycles. The summed E-state index contributed by atoms with van der Waals surface area (Å²) in [5.41, 5.74) is 2.40. The molecule has 3 heteroatoms. The molecule has 1 fully saturated rings. The lowest BCUT2D eigenvalue weighted by atomic mass is 9.94. The molecule has 2 rings (SSSR count). The standard InChI is InChI=1S/C17H24O3/c1-2-11-20-16-9-7-13(8-10-17(18)19)12-15(16)14-5-3-4-6-14/h7,9,12,14H,2-6,8,10-11H2,1H3,(H,18,19). The largest absolute Gasteiger partial charge is 0.493 e. The van der Waals surface area contributed by atoms with E-state index in [1.165, 1.54) is 31.2 Å². The third-order valence-corrected chi connectivity index (χ3v) is 3.96. The molecule has 0 atom stereocenters. The molecule has 0 unspecified atom stereocenters. The van der Waals surface area contributed by atoms with Crippen LogP contribution in [0.2, 0.25) is 0 Å². The Kier molecular flexibility index (Phi) is 5.45.